The minimum atomic E-state index is 0.346. The molecule has 2 heterocycles. The summed E-state index contributed by atoms with van der Waals surface area (Å²) in [5.41, 5.74) is 1.24. The Morgan fingerprint density at radius 3 is 2.87 bits per heavy atom. The lowest BCUT2D eigenvalue weighted by molar-refractivity contribution is 0.415. The van der Waals surface area contributed by atoms with Crippen LogP contribution >= 0.6 is 0 Å². The van der Waals surface area contributed by atoms with Gasteiger partial charge in [-0.1, -0.05) is 12.1 Å². The Hall–Kier alpha value is -3.47. The Balaban J connectivity index is 1.81. The number of H-pyrrole nitrogens is 1. The number of hydrogen-bond acceptors (Lipinski definition) is 6. The average molecular weight is 307 g/mol. The van der Waals surface area contributed by atoms with Crippen molar-refractivity contribution >= 4 is 11.6 Å². The van der Waals surface area contributed by atoms with Crippen molar-refractivity contribution in [1.82, 2.24) is 29.9 Å². The Kier molecular flexibility index (Phi) is 4.11. The highest BCUT2D eigenvalue weighted by Gasteiger charge is 2.09. The highest BCUT2D eigenvalue weighted by molar-refractivity contribution is 5.86. The van der Waals surface area contributed by atoms with Crippen LogP contribution in [0.3, 0.4) is 0 Å². The van der Waals surface area contributed by atoms with Crippen molar-refractivity contribution in [3.8, 4) is 11.8 Å². The van der Waals surface area contributed by atoms with Gasteiger partial charge in [-0.3, -0.25) is 5.10 Å². The quantitative estimate of drug-likeness (QED) is 0.716. The van der Waals surface area contributed by atoms with Crippen LogP contribution in [0.15, 0.2) is 36.9 Å². The largest absolute Gasteiger partial charge is 0.497 e. The first-order chi connectivity index (χ1) is 11.3. The van der Waals surface area contributed by atoms with Crippen molar-refractivity contribution in [2.75, 3.05) is 7.11 Å². The van der Waals surface area contributed by atoms with Crippen LogP contribution in [0.2, 0.25) is 0 Å². The number of benzene rings is 1. The summed E-state index contributed by atoms with van der Waals surface area (Å²) in [6, 6.07) is 9.49. The van der Waals surface area contributed by atoms with Crippen LogP contribution in [-0.4, -0.2) is 37.1 Å². The lowest BCUT2D eigenvalue weighted by Gasteiger charge is -1.99. The molecule has 0 unspecified atom stereocenters. The summed E-state index contributed by atoms with van der Waals surface area (Å²) in [6.45, 7) is 0.411. The number of aromatic nitrogens is 6. The molecule has 0 bridgehead atoms. The fraction of sp³-hybridized carbons (Fsp3) is 0.133. The molecule has 0 amide bonds. The van der Waals surface area contributed by atoms with Gasteiger partial charge in [0.25, 0.3) is 0 Å². The molecule has 3 rings (SSSR count). The topological polar surface area (TPSA) is 105 Å². The molecule has 23 heavy (non-hydrogen) atoms. The van der Waals surface area contributed by atoms with E-state index in [4.69, 9.17) is 4.74 Å². The first-order valence-corrected chi connectivity index (χ1v) is 6.78. The zero-order chi connectivity index (χ0) is 16.1. The maximum absolute atomic E-state index is 9.34. The van der Waals surface area contributed by atoms with Crippen molar-refractivity contribution in [1.29, 1.82) is 5.26 Å². The van der Waals surface area contributed by atoms with Gasteiger partial charge in [0.15, 0.2) is 5.82 Å². The number of ether oxygens (including phenoxy) is 1. The molecular formula is C15H13N7O. The van der Waals surface area contributed by atoms with Gasteiger partial charge in [0, 0.05) is 0 Å². The number of methoxy groups -OCH3 is 1. The number of aromatic amines is 1. The molecule has 0 aliphatic rings. The lowest BCUT2D eigenvalue weighted by Crippen LogP contribution is -2.01. The van der Waals surface area contributed by atoms with E-state index in [0.717, 1.165) is 11.3 Å². The molecule has 1 N–H and O–H groups in total. The summed E-state index contributed by atoms with van der Waals surface area (Å²) >= 11 is 0. The number of nitriles is 1. The minimum Gasteiger partial charge on any atom is -0.497 e. The van der Waals surface area contributed by atoms with E-state index >= 15 is 0 Å². The maximum atomic E-state index is 9.34. The molecule has 2 aromatic heterocycles. The normalized spacial score (nSPS) is 11.2. The lowest BCUT2D eigenvalue weighted by atomic mass is 10.1. The first-order valence-electron chi connectivity index (χ1n) is 6.78. The van der Waals surface area contributed by atoms with Gasteiger partial charge >= 0.3 is 0 Å². The highest BCUT2D eigenvalue weighted by Crippen LogP contribution is 2.17. The van der Waals surface area contributed by atoms with E-state index in [0.29, 0.717) is 23.8 Å². The number of nitrogens with one attached hydrogen (secondary N) is 1. The molecule has 0 aliphatic carbocycles. The monoisotopic (exact) mass is 307 g/mol. The molecule has 1 aromatic carbocycles. The predicted molar refractivity (Wildman–Crippen MR) is 82.0 cm³/mol. The molecule has 0 atom stereocenters. The third kappa shape index (κ3) is 3.41. The molecule has 114 valence electrons. The second-order valence-corrected chi connectivity index (χ2v) is 4.64. The third-order valence-electron chi connectivity index (χ3n) is 3.10. The van der Waals surface area contributed by atoms with Crippen LogP contribution in [0, 0.1) is 11.3 Å². The zero-order valence-electron chi connectivity index (χ0n) is 12.3. The summed E-state index contributed by atoms with van der Waals surface area (Å²) in [7, 11) is 1.61. The van der Waals surface area contributed by atoms with Crippen molar-refractivity contribution < 1.29 is 4.74 Å². The first kappa shape index (κ1) is 14.5. The molecule has 8 heteroatoms. The van der Waals surface area contributed by atoms with Crippen LogP contribution < -0.4 is 4.74 Å². The number of rotatable bonds is 5. The van der Waals surface area contributed by atoms with E-state index in [2.05, 4.69) is 31.3 Å². The van der Waals surface area contributed by atoms with Gasteiger partial charge < -0.3 is 4.74 Å². The van der Waals surface area contributed by atoms with Gasteiger partial charge in [0.05, 0.1) is 12.7 Å². The molecular weight excluding hydrogens is 294 g/mol. The van der Waals surface area contributed by atoms with Gasteiger partial charge in [0.2, 0.25) is 0 Å². The van der Waals surface area contributed by atoms with E-state index < -0.39 is 0 Å². The van der Waals surface area contributed by atoms with Crippen molar-refractivity contribution in [2.45, 2.75) is 6.54 Å². The van der Waals surface area contributed by atoms with Crippen molar-refractivity contribution in [2.24, 2.45) is 0 Å². The summed E-state index contributed by atoms with van der Waals surface area (Å²) < 4.78 is 6.72. The zero-order valence-corrected chi connectivity index (χ0v) is 12.3. The standard InChI is InChI=1S/C15H13N7O/c1-23-13-4-2-11(3-5-13)6-12(7-16)15-19-14(20-21-15)8-22-10-17-9-18-22/h2-6,9-10H,8H2,1H3,(H,19,20,21). The summed E-state index contributed by atoms with van der Waals surface area (Å²) in [4.78, 5) is 8.18. The molecule has 0 spiro atoms. The Bertz CT molecular complexity index is 841. The molecule has 0 fully saturated rings. The maximum Gasteiger partial charge on any atom is 0.191 e. The van der Waals surface area contributed by atoms with Gasteiger partial charge in [-0.25, -0.2) is 14.6 Å². The van der Waals surface area contributed by atoms with Crippen molar-refractivity contribution in [3.05, 3.63) is 54.1 Å². The van der Waals surface area contributed by atoms with E-state index in [1.807, 2.05) is 24.3 Å². The van der Waals surface area contributed by atoms with Gasteiger partial charge in [-0.15, -0.1) is 0 Å². The predicted octanol–water partition coefficient (Wildman–Crippen LogP) is 1.52. The van der Waals surface area contributed by atoms with E-state index in [-0.39, 0.29) is 0 Å². The molecule has 0 aliphatic heterocycles. The number of hydrogen-bond donors (Lipinski definition) is 1. The highest BCUT2D eigenvalue weighted by atomic mass is 16.5. The smallest absolute Gasteiger partial charge is 0.191 e. The Morgan fingerprint density at radius 1 is 1.39 bits per heavy atom. The molecule has 0 saturated heterocycles. The van der Waals surface area contributed by atoms with E-state index in [9.17, 15) is 5.26 Å². The minimum absolute atomic E-state index is 0.346. The van der Waals surface area contributed by atoms with Crippen LogP contribution in [-0.2, 0) is 6.54 Å². The van der Waals surface area contributed by atoms with Gasteiger partial charge in [-0.2, -0.15) is 15.5 Å². The second kappa shape index (κ2) is 6.53. The van der Waals surface area contributed by atoms with Crippen LogP contribution in [0.25, 0.3) is 11.6 Å². The fourth-order valence-electron chi connectivity index (χ4n) is 1.97. The molecule has 8 nitrogen and oxygen atoms in total. The Morgan fingerprint density at radius 2 is 2.22 bits per heavy atom. The number of allylic oxidation sites excluding steroid dienone is 1. The fourth-order valence-corrected chi connectivity index (χ4v) is 1.97. The average Bonchev–Trinajstić information content (AvgIpc) is 3.26. The SMILES string of the molecule is COc1ccc(C=C(C#N)c2n[nH]c(Cn3cncn3)n2)cc1. The van der Waals surface area contributed by atoms with Crippen LogP contribution in [0.5, 0.6) is 5.75 Å². The third-order valence-corrected chi connectivity index (χ3v) is 3.10. The van der Waals surface area contributed by atoms with E-state index in [1.54, 1.807) is 24.2 Å². The molecule has 3 aromatic rings. The van der Waals surface area contributed by atoms with Crippen LogP contribution in [0.4, 0.5) is 0 Å². The molecule has 0 saturated carbocycles. The van der Waals surface area contributed by atoms with E-state index in [1.165, 1.54) is 6.33 Å². The summed E-state index contributed by atoms with van der Waals surface area (Å²) in [5.74, 6) is 1.70. The van der Waals surface area contributed by atoms with Gasteiger partial charge in [-0.05, 0) is 23.8 Å². The summed E-state index contributed by atoms with van der Waals surface area (Å²) in [5, 5.41) is 20.2. The Labute approximate surface area is 132 Å². The number of nitrogens with zero attached hydrogens (tertiary/aromatic N) is 6. The van der Waals surface area contributed by atoms with Crippen molar-refractivity contribution in [3.63, 3.8) is 0 Å². The van der Waals surface area contributed by atoms with Crippen LogP contribution in [0.1, 0.15) is 17.2 Å². The van der Waals surface area contributed by atoms with Gasteiger partial charge in [0.1, 0.15) is 36.8 Å². The summed E-state index contributed by atoms with van der Waals surface area (Å²) in [6.07, 6.45) is 4.75. The second-order valence-electron chi connectivity index (χ2n) is 4.64. The molecule has 0 radical (unpaired) electrons.